The molecule has 0 atom stereocenters. The molecular weight excluding hydrogens is 410 g/mol. The van der Waals surface area contributed by atoms with Crippen molar-refractivity contribution in [3.8, 4) is 11.6 Å². The van der Waals surface area contributed by atoms with Gasteiger partial charge in [0.05, 0.1) is 17.6 Å². The Morgan fingerprint density at radius 3 is 2.31 bits per heavy atom. The molecule has 0 aliphatic rings. The van der Waals surface area contributed by atoms with Gasteiger partial charge >= 0.3 is 11.9 Å². The maximum absolute atomic E-state index is 9.10. The molecule has 0 unspecified atom stereocenters. The summed E-state index contributed by atoms with van der Waals surface area (Å²) < 4.78 is 7.68. The van der Waals surface area contributed by atoms with Crippen LogP contribution in [0.5, 0.6) is 5.75 Å². The van der Waals surface area contributed by atoms with E-state index in [0.29, 0.717) is 6.61 Å². The predicted molar refractivity (Wildman–Crippen MR) is 121 cm³/mol. The van der Waals surface area contributed by atoms with E-state index in [0.717, 1.165) is 34.0 Å². The second-order valence-electron chi connectivity index (χ2n) is 6.43. The Kier molecular flexibility index (Phi) is 7.32. The number of carboxylic acid groups (broad SMARTS) is 2. The lowest BCUT2D eigenvalue weighted by molar-refractivity contribution is -0.159. The number of rotatable bonds is 5. The molecule has 8 heteroatoms. The second kappa shape index (κ2) is 10.5. The van der Waals surface area contributed by atoms with Gasteiger partial charge in [-0.05, 0) is 42.8 Å². The first-order valence-corrected chi connectivity index (χ1v) is 9.75. The fraction of sp³-hybridized carbons (Fsp3) is 0.0833. The zero-order valence-corrected chi connectivity index (χ0v) is 17.3. The number of aliphatic carboxylic acids is 2. The Morgan fingerprint density at radius 2 is 1.69 bits per heavy atom. The molecule has 0 amide bonds. The second-order valence-corrected chi connectivity index (χ2v) is 6.43. The number of ether oxygens (including phenoxy) is 1. The molecule has 2 heterocycles. The standard InChI is InChI=1S/C22H19N3O.C2H2O4/c1-2-26-18-12-13-20-19(16-18)24-22(14-11-17-8-4-3-5-9-17)25(20)21-10-6-7-15-23-21;3-1(4)2(5)6/h3-16H,2H2,1H3;(H,3,4)(H,5,6)/b14-11+;. The number of fused-ring (bicyclic) bond motifs is 1. The van der Waals surface area contributed by atoms with Gasteiger partial charge in [-0.25, -0.2) is 19.6 Å². The zero-order valence-electron chi connectivity index (χ0n) is 17.3. The van der Waals surface area contributed by atoms with E-state index >= 15 is 0 Å². The lowest BCUT2D eigenvalue weighted by atomic mass is 10.2. The van der Waals surface area contributed by atoms with Crippen LogP contribution in [0.2, 0.25) is 0 Å². The highest BCUT2D eigenvalue weighted by Gasteiger charge is 2.12. The summed E-state index contributed by atoms with van der Waals surface area (Å²) >= 11 is 0. The number of benzene rings is 2. The largest absolute Gasteiger partial charge is 0.494 e. The van der Waals surface area contributed by atoms with E-state index in [1.807, 2.05) is 67.6 Å². The third kappa shape index (κ3) is 5.57. The molecule has 32 heavy (non-hydrogen) atoms. The first-order chi connectivity index (χ1) is 15.5. The summed E-state index contributed by atoms with van der Waals surface area (Å²) in [4.78, 5) is 27.5. The number of hydrogen-bond donors (Lipinski definition) is 2. The Labute approximate surface area is 184 Å². The van der Waals surface area contributed by atoms with Crippen LogP contribution in [-0.2, 0) is 9.59 Å². The van der Waals surface area contributed by atoms with E-state index in [1.54, 1.807) is 6.20 Å². The van der Waals surface area contributed by atoms with Crippen molar-refractivity contribution >= 4 is 35.1 Å². The lowest BCUT2D eigenvalue weighted by Crippen LogP contribution is -2.09. The van der Waals surface area contributed by atoms with Crippen LogP contribution >= 0.6 is 0 Å². The highest BCUT2D eigenvalue weighted by atomic mass is 16.5. The number of imidazole rings is 1. The average molecular weight is 431 g/mol. The fourth-order valence-corrected chi connectivity index (χ4v) is 2.91. The molecule has 4 rings (SSSR count). The number of pyridine rings is 1. The first kappa shape index (κ1) is 22.2. The Hall–Kier alpha value is -4.46. The SMILES string of the molecule is CCOc1ccc2c(c1)nc(/C=C/c1ccccc1)n2-c1ccccn1.O=C(O)C(=O)O. The van der Waals surface area contributed by atoms with Crippen molar-refractivity contribution in [2.24, 2.45) is 0 Å². The van der Waals surface area contributed by atoms with Crippen molar-refractivity contribution in [2.75, 3.05) is 6.61 Å². The van der Waals surface area contributed by atoms with Crippen LogP contribution < -0.4 is 4.74 Å². The van der Waals surface area contributed by atoms with E-state index in [9.17, 15) is 0 Å². The number of nitrogens with zero attached hydrogens (tertiary/aromatic N) is 3. The molecule has 2 aromatic carbocycles. The number of hydrogen-bond acceptors (Lipinski definition) is 5. The minimum Gasteiger partial charge on any atom is -0.494 e. The van der Waals surface area contributed by atoms with Gasteiger partial charge in [-0.1, -0.05) is 42.5 Å². The normalized spacial score (nSPS) is 10.5. The van der Waals surface area contributed by atoms with Crippen LogP contribution in [0.15, 0.2) is 72.9 Å². The van der Waals surface area contributed by atoms with Gasteiger partial charge in [-0.15, -0.1) is 0 Å². The highest BCUT2D eigenvalue weighted by Crippen LogP contribution is 2.25. The monoisotopic (exact) mass is 431 g/mol. The molecule has 0 saturated carbocycles. The molecule has 0 saturated heterocycles. The summed E-state index contributed by atoms with van der Waals surface area (Å²) in [5.41, 5.74) is 3.01. The maximum atomic E-state index is 9.10. The van der Waals surface area contributed by atoms with Crippen molar-refractivity contribution in [1.82, 2.24) is 14.5 Å². The molecule has 0 fully saturated rings. The topological polar surface area (TPSA) is 115 Å². The summed E-state index contributed by atoms with van der Waals surface area (Å²) in [6, 6.07) is 22.0. The molecule has 2 N–H and O–H groups in total. The van der Waals surface area contributed by atoms with Crippen LogP contribution in [0.4, 0.5) is 0 Å². The average Bonchev–Trinajstić information content (AvgIpc) is 3.17. The maximum Gasteiger partial charge on any atom is 0.414 e. The molecule has 0 aliphatic heterocycles. The highest BCUT2D eigenvalue weighted by molar-refractivity contribution is 6.27. The van der Waals surface area contributed by atoms with E-state index in [2.05, 4.69) is 27.8 Å². The molecule has 0 radical (unpaired) electrons. The van der Waals surface area contributed by atoms with Gasteiger partial charge in [0.2, 0.25) is 0 Å². The van der Waals surface area contributed by atoms with Crippen LogP contribution in [0.3, 0.4) is 0 Å². The number of aromatic nitrogens is 3. The van der Waals surface area contributed by atoms with E-state index in [-0.39, 0.29) is 0 Å². The number of carboxylic acids is 2. The van der Waals surface area contributed by atoms with Gasteiger partial charge in [0.1, 0.15) is 17.4 Å². The van der Waals surface area contributed by atoms with Gasteiger partial charge in [0.15, 0.2) is 0 Å². The van der Waals surface area contributed by atoms with Gasteiger partial charge in [0.25, 0.3) is 0 Å². The van der Waals surface area contributed by atoms with Gasteiger partial charge in [0, 0.05) is 12.3 Å². The molecule has 0 spiro atoms. The van der Waals surface area contributed by atoms with Crippen molar-refractivity contribution in [3.05, 3.63) is 84.3 Å². The van der Waals surface area contributed by atoms with E-state index in [1.165, 1.54) is 0 Å². The lowest BCUT2D eigenvalue weighted by Gasteiger charge is -2.06. The third-order valence-corrected chi connectivity index (χ3v) is 4.25. The van der Waals surface area contributed by atoms with Crippen molar-refractivity contribution in [3.63, 3.8) is 0 Å². The summed E-state index contributed by atoms with van der Waals surface area (Å²) in [5, 5.41) is 14.8. The summed E-state index contributed by atoms with van der Waals surface area (Å²) in [7, 11) is 0. The summed E-state index contributed by atoms with van der Waals surface area (Å²) in [5.74, 6) is -1.16. The molecule has 0 bridgehead atoms. The Balaban J connectivity index is 0.000000427. The third-order valence-electron chi connectivity index (χ3n) is 4.25. The minimum atomic E-state index is -1.82. The first-order valence-electron chi connectivity index (χ1n) is 9.75. The minimum absolute atomic E-state index is 0.632. The molecular formula is C24H21N3O5. The molecule has 2 aromatic heterocycles. The zero-order chi connectivity index (χ0) is 22.9. The van der Waals surface area contributed by atoms with Crippen LogP contribution in [-0.4, -0.2) is 43.3 Å². The van der Waals surface area contributed by atoms with Crippen molar-refractivity contribution in [1.29, 1.82) is 0 Å². The summed E-state index contributed by atoms with van der Waals surface area (Å²) in [6.45, 7) is 2.61. The van der Waals surface area contributed by atoms with Crippen molar-refractivity contribution < 1.29 is 24.5 Å². The van der Waals surface area contributed by atoms with Gasteiger partial charge in [-0.2, -0.15) is 0 Å². The predicted octanol–water partition coefficient (Wildman–Crippen LogP) is 4.15. The molecule has 4 aromatic rings. The summed E-state index contributed by atoms with van der Waals surface area (Å²) in [6.07, 6.45) is 5.87. The molecule has 0 aliphatic carbocycles. The fourth-order valence-electron chi connectivity index (χ4n) is 2.91. The number of carbonyl (C=O) groups is 2. The molecule has 8 nitrogen and oxygen atoms in total. The van der Waals surface area contributed by atoms with E-state index < -0.39 is 11.9 Å². The smallest absolute Gasteiger partial charge is 0.414 e. The van der Waals surface area contributed by atoms with Crippen molar-refractivity contribution in [2.45, 2.75) is 6.92 Å². The van der Waals surface area contributed by atoms with E-state index in [4.69, 9.17) is 29.5 Å². The Morgan fingerprint density at radius 1 is 0.969 bits per heavy atom. The molecule has 162 valence electrons. The van der Waals surface area contributed by atoms with Crippen LogP contribution in [0.1, 0.15) is 18.3 Å². The quantitative estimate of drug-likeness (QED) is 0.456. The van der Waals surface area contributed by atoms with Gasteiger partial charge < -0.3 is 14.9 Å². The van der Waals surface area contributed by atoms with Gasteiger partial charge in [-0.3, -0.25) is 4.57 Å². The van der Waals surface area contributed by atoms with Crippen LogP contribution in [0.25, 0.3) is 29.0 Å². The Bertz CT molecular complexity index is 1220. The van der Waals surface area contributed by atoms with Crippen LogP contribution in [0, 0.1) is 0 Å².